The van der Waals surface area contributed by atoms with Crippen LogP contribution in [0, 0.1) is 0 Å². The van der Waals surface area contributed by atoms with Gasteiger partial charge in [-0.1, -0.05) is 53.7 Å². The highest BCUT2D eigenvalue weighted by atomic mass is 16.3. The van der Waals surface area contributed by atoms with Crippen molar-refractivity contribution in [2.24, 2.45) is 0 Å². The van der Waals surface area contributed by atoms with Gasteiger partial charge in [0.2, 0.25) is 0 Å². The van der Waals surface area contributed by atoms with Crippen LogP contribution < -0.4 is 0 Å². The lowest BCUT2D eigenvalue weighted by atomic mass is 9.78. The van der Waals surface area contributed by atoms with Crippen molar-refractivity contribution in [2.45, 2.75) is 71.8 Å². The molecule has 0 aliphatic heterocycles. The monoisotopic (exact) mass is 384 g/mol. The maximum absolute atomic E-state index is 12.7. The van der Waals surface area contributed by atoms with Gasteiger partial charge < -0.3 is 15.0 Å². The second-order valence-electron chi connectivity index (χ2n) is 10.1. The number of carbonyl (C=O) groups excluding carboxylic acids is 1. The average molecular weight is 385 g/mol. The SMILES string of the molecule is CN(C)Cc1c[nH]c(C(=O)CCc2cc(C(C)(C)C)c(O)c(C(C)(C)C)c2)c1. The maximum atomic E-state index is 12.7. The fourth-order valence-electron chi connectivity index (χ4n) is 3.43. The molecule has 0 saturated heterocycles. The zero-order valence-corrected chi connectivity index (χ0v) is 18.7. The number of aromatic amines is 1. The van der Waals surface area contributed by atoms with Gasteiger partial charge in [-0.05, 0) is 59.7 Å². The van der Waals surface area contributed by atoms with Crippen LogP contribution >= 0.6 is 0 Å². The molecule has 0 aliphatic rings. The minimum atomic E-state index is -0.162. The molecule has 154 valence electrons. The molecule has 28 heavy (non-hydrogen) atoms. The van der Waals surface area contributed by atoms with Gasteiger partial charge in [0.25, 0.3) is 0 Å². The zero-order valence-electron chi connectivity index (χ0n) is 18.7. The van der Waals surface area contributed by atoms with E-state index >= 15 is 0 Å². The van der Waals surface area contributed by atoms with Gasteiger partial charge in [-0.25, -0.2) is 0 Å². The number of hydrogen-bond acceptors (Lipinski definition) is 3. The summed E-state index contributed by atoms with van der Waals surface area (Å²) in [4.78, 5) is 17.8. The number of nitrogens with zero attached hydrogens (tertiary/aromatic N) is 1. The van der Waals surface area contributed by atoms with E-state index in [9.17, 15) is 9.90 Å². The minimum absolute atomic E-state index is 0.118. The number of nitrogens with one attached hydrogen (secondary N) is 1. The Balaban J connectivity index is 2.24. The molecule has 0 saturated carbocycles. The first-order valence-corrected chi connectivity index (χ1v) is 10.0. The van der Waals surface area contributed by atoms with Crippen LogP contribution in [0.3, 0.4) is 0 Å². The largest absolute Gasteiger partial charge is 0.507 e. The fourth-order valence-corrected chi connectivity index (χ4v) is 3.43. The first-order chi connectivity index (χ1) is 12.8. The third kappa shape index (κ3) is 5.48. The van der Waals surface area contributed by atoms with E-state index in [1.807, 2.05) is 26.4 Å². The fraction of sp³-hybridized carbons (Fsp3) is 0.542. The molecule has 0 bridgehead atoms. The highest BCUT2D eigenvalue weighted by molar-refractivity contribution is 5.94. The number of carbonyl (C=O) groups is 1. The predicted molar refractivity (Wildman–Crippen MR) is 116 cm³/mol. The smallest absolute Gasteiger partial charge is 0.179 e. The highest BCUT2D eigenvalue weighted by Crippen LogP contribution is 2.40. The van der Waals surface area contributed by atoms with Crippen LogP contribution in [0.4, 0.5) is 0 Å². The second-order valence-corrected chi connectivity index (χ2v) is 10.1. The van der Waals surface area contributed by atoms with Gasteiger partial charge in [-0.15, -0.1) is 0 Å². The van der Waals surface area contributed by atoms with Crippen molar-refractivity contribution in [3.05, 3.63) is 52.3 Å². The standard InChI is InChI=1S/C24H36N2O2/c1-23(2,3)18-11-16(12-19(22(18)28)24(4,5)6)9-10-21(27)20-13-17(14-25-20)15-26(7)8/h11-14,25,28H,9-10,15H2,1-8H3. The third-order valence-corrected chi connectivity index (χ3v) is 4.97. The number of aromatic hydroxyl groups is 1. The summed E-state index contributed by atoms with van der Waals surface area (Å²) in [7, 11) is 4.03. The lowest BCUT2D eigenvalue weighted by Gasteiger charge is -2.28. The Bertz CT molecular complexity index is 798. The molecular weight excluding hydrogens is 348 g/mol. The number of phenols is 1. The molecule has 1 heterocycles. The van der Waals surface area contributed by atoms with Crippen molar-refractivity contribution < 1.29 is 9.90 Å². The topological polar surface area (TPSA) is 56.3 Å². The average Bonchev–Trinajstić information content (AvgIpc) is 2.99. The van der Waals surface area contributed by atoms with Crippen molar-refractivity contribution in [2.75, 3.05) is 14.1 Å². The number of phenolic OH excluding ortho intramolecular Hbond substituents is 1. The predicted octanol–water partition coefficient (Wildman–Crippen LogP) is 5.19. The Hall–Kier alpha value is -2.07. The molecule has 4 nitrogen and oxygen atoms in total. The second kappa shape index (κ2) is 8.12. The summed E-state index contributed by atoms with van der Waals surface area (Å²) in [5.41, 5.74) is 4.44. The van der Waals surface area contributed by atoms with Crippen molar-refractivity contribution >= 4 is 5.78 Å². The Kier molecular flexibility index (Phi) is 6.44. The molecule has 1 aromatic carbocycles. The van der Waals surface area contributed by atoms with Gasteiger partial charge >= 0.3 is 0 Å². The van der Waals surface area contributed by atoms with Gasteiger partial charge in [-0.2, -0.15) is 0 Å². The number of hydrogen-bond donors (Lipinski definition) is 2. The van der Waals surface area contributed by atoms with Crippen molar-refractivity contribution in [1.29, 1.82) is 0 Å². The molecule has 2 rings (SSSR count). The summed E-state index contributed by atoms with van der Waals surface area (Å²) in [6.45, 7) is 13.4. The summed E-state index contributed by atoms with van der Waals surface area (Å²) >= 11 is 0. The lowest BCUT2D eigenvalue weighted by Crippen LogP contribution is -2.18. The molecule has 0 amide bonds. The van der Waals surface area contributed by atoms with E-state index in [1.165, 1.54) is 0 Å². The summed E-state index contributed by atoms with van der Waals surface area (Å²) in [6, 6.07) is 6.06. The van der Waals surface area contributed by atoms with E-state index in [4.69, 9.17) is 0 Å². The normalized spacial score (nSPS) is 12.6. The van der Waals surface area contributed by atoms with Crippen molar-refractivity contribution in [3.8, 4) is 5.75 Å². The van der Waals surface area contributed by atoms with E-state index in [0.29, 0.717) is 24.3 Å². The third-order valence-electron chi connectivity index (χ3n) is 4.97. The van der Waals surface area contributed by atoms with Crippen molar-refractivity contribution in [1.82, 2.24) is 9.88 Å². The van der Waals surface area contributed by atoms with Crippen LogP contribution in [-0.4, -0.2) is 34.9 Å². The van der Waals surface area contributed by atoms with E-state index < -0.39 is 0 Å². The molecule has 0 atom stereocenters. The molecule has 0 spiro atoms. The van der Waals surface area contributed by atoms with Gasteiger partial charge in [0, 0.05) is 19.2 Å². The van der Waals surface area contributed by atoms with E-state index in [-0.39, 0.29) is 16.6 Å². The van der Waals surface area contributed by atoms with Gasteiger partial charge in [0.05, 0.1) is 5.69 Å². The summed E-state index contributed by atoms with van der Waals surface area (Å²) in [5.74, 6) is 0.500. The van der Waals surface area contributed by atoms with Crippen molar-refractivity contribution in [3.63, 3.8) is 0 Å². The summed E-state index contributed by atoms with van der Waals surface area (Å²) in [6.07, 6.45) is 3.01. The first-order valence-electron chi connectivity index (χ1n) is 10.0. The van der Waals surface area contributed by atoms with Crippen LogP contribution in [0.25, 0.3) is 0 Å². The van der Waals surface area contributed by atoms with E-state index in [2.05, 4.69) is 63.6 Å². The number of Topliss-reactive ketones (excluding diaryl/α,β-unsaturated/α-hetero) is 1. The molecule has 2 N–H and O–H groups in total. The summed E-state index contributed by atoms with van der Waals surface area (Å²) in [5, 5.41) is 10.8. The molecule has 2 aromatic rings. The number of ketones is 1. The van der Waals surface area contributed by atoms with E-state index in [0.717, 1.165) is 28.8 Å². The molecule has 4 heteroatoms. The number of H-pyrrole nitrogens is 1. The Morgan fingerprint density at radius 1 is 0.964 bits per heavy atom. The molecule has 1 aromatic heterocycles. The Morgan fingerprint density at radius 2 is 1.50 bits per heavy atom. The van der Waals surface area contributed by atoms with Crippen LogP contribution in [0.1, 0.15) is 80.7 Å². The number of benzene rings is 1. The van der Waals surface area contributed by atoms with Gasteiger partial charge in [0.15, 0.2) is 5.78 Å². The molecule has 0 unspecified atom stereocenters. The summed E-state index contributed by atoms with van der Waals surface area (Å²) < 4.78 is 0. The molecule has 0 radical (unpaired) electrons. The van der Waals surface area contributed by atoms with Crippen LogP contribution in [-0.2, 0) is 23.8 Å². The van der Waals surface area contributed by atoms with Crippen LogP contribution in [0.15, 0.2) is 24.4 Å². The molecule has 0 aliphatic carbocycles. The highest BCUT2D eigenvalue weighted by Gasteiger charge is 2.26. The Morgan fingerprint density at radius 3 is 1.96 bits per heavy atom. The number of aryl methyl sites for hydroxylation is 1. The lowest BCUT2D eigenvalue weighted by molar-refractivity contribution is 0.0978. The molecular formula is C24H36N2O2. The van der Waals surface area contributed by atoms with Crippen LogP contribution in [0.5, 0.6) is 5.75 Å². The van der Waals surface area contributed by atoms with Crippen LogP contribution in [0.2, 0.25) is 0 Å². The Labute approximate surface area is 170 Å². The van der Waals surface area contributed by atoms with E-state index in [1.54, 1.807) is 0 Å². The van der Waals surface area contributed by atoms with Gasteiger partial charge in [0.1, 0.15) is 5.75 Å². The zero-order chi connectivity index (χ0) is 21.3. The maximum Gasteiger partial charge on any atom is 0.179 e. The number of rotatable bonds is 6. The molecule has 0 fully saturated rings. The quantitative estimate of drug-likeness (QED) is 0.674. The van der Waals surface area contributed by atoms with Gasteiger partial charge in [-0.3, -0.25) is 4.79 Å². The minimum Gasteiger partial charge on any atom is -0.507 e. The first kappa shape index (κ1) is 22.2. The number of aromatic nitrogens is 1.